The van der Waals surface area contributed by atoms with E-state index in [0.29, 0.717) is 5.69 Å². The molecule has 1 aromatic carbocycles. The molecule has 0 atom stereocenters. The van der Waals surface area contributed by atoms with E-state index in [9.17, 15) is 24.5 Å². The van der Waals surface area contributed by atoms with Crippen LogP contribution in [-0.4, -0.2) is 56.5 Å². The molecular formula is C20H20N6O7. The predicted octanol–water partition coefficient (Wildman–Crippen LogP) is 1.94. The SMILES string of the molecule is COC(=O)c1cc(NC(=O)c2ccn(Cn3nc(C)c([N+](=O)[O-])c3C)n2)cc(C(=O)OC)c1. The van der Waals surface area contributed by atoms with Crippen molar-refractivity contribution in [2.75, 3.05) is 19.5 Å². The number of esters is 2. The lowest BCUT2D eigenvalue weighted by molar-refractivity contribution is -0.386. The standard InChI is InChI=1S/C20H20N6O7/c1-11-17(26(30)31)12(2)25(22-11)10-24-6-5-16(23-24)18(27)21-15-8-13(19(28)32-3)7-14(9-15)20(29)33-4/h5-9H,10H2,1-4H3,(H,21,27). The molecule has 0 radical (unpaired) electrons. The summed E-state index contributed by atoms with van der Waals surface area (Å²) in [5, 5.41) is 22.0. The fourth-order valence-corrected chi connectivity index (χ4v) is 3.15. The van der Waals surface area contributed by atoms with Crippen molar-refractivity contribution in [1.29, 1.82) is 0 Å². The number of amides is 1. The molecule has 2 heterocycles. The predicted molar refractivity (Wildman–Crippen MR) is 113 cm³/mol. The lowest BCUT2D eigenvalue weighted by atomic mass is 10.1. The first-order valence-electron chi connectivity index (χ1n) is 9.49. The Bertz CT molecular complexity index is 1230. The third kappa shape index (κ3) is 4.87. The maximum Gasteiger partial charge on any atom is 0.337 e. The maximum atomic E-state index is 12.7. The van der Waals surface area contributed by atoms with Crippen LogP contribution < -0.4 is 5.32 Å². The van der Waals surface area contributed by atoms with Gasteiger partial charge in [-0.3, -0.25) is 19.6 Å². The van der Waals surface area contributed by atoms with Crippen LogP contribution >= 0.6 is 0 Å². The Morgan fingerprint density at radius 2 is 1.67 bits per heavy atom. The van der Waals surface area contributed by atoms with Gasteiger partial charge < -0.3 is 14.8 Å². The Balaban J connectivity index is 1.81. The molecule has 0 spiro atoms. The zero-order valence-electron chi connectivity index (χ0n) is 18.2. The van der Waals surface area contributed by atoms with Crippen molar-refractivity contribution in [3.8, 4) is 0 Å². The second-order valence-electron chi connectivity index (χ2n) is 6.89. The van der Waals surface area contributed by atoms with E-state index in [4.69, 9.17) is 0 Å². The van der Waals surface area contributed by atoms with E-state index in [-0.39, 0.29) is 40.6 Å². The minimum absolute atomic E-state index is 0.0362. The van der Waals surface area contributed by atoms with E-state index < -0.39 is 22.8 Å². The van der Waals surface area contributed by atoms with Crippen LogP contribution in [0.25, 0.3) is 0 Å². The van der Waals surface area contributed by atoms with Gasteiger partial charge in [-0.2, -0.15) is 10.2 Å². The number of nitrogens with zero attached hydrogens (tertiary/aromatic N) is 5. The molecule has 0 aliphatic rings. The first kappa shape index (κ1) is 23.1. The molecule has 13 nitrogen and oxygen atoms in total. The zero-order valence-corrected chi connectivity index (χ0v) is 18.2. The maximum absolute atomic E-state index is 12.7. The minimum atomic E-state index is -0.695. The number of nitrogens with one attached hydrogen (secondary N) is 1. The van der Waals surface area contributed by atoms with Gasteiger partial charge in [0.2, 0.25) is 0 Å². The number of hydrogen-bond donors (Lipinski definition) is 1. The summed E-state index contributed by atoms with van der Waals surface area (Å²) < 4.78 is 12.1. The summed E-state index contributed by atoms with van der Waals surface area (Å²) in [5.41, 5.74) is 0.844. The van der Waals surface area contributed by atoms with E-state index in [1.165, 1.54) is 61.0 Å². The molecule has 0 fully saturated rings. The highest BCUT2D eigenvalue weighted by Crippen LogP contribution is 2.22. The van der Waals surface area contributed by atoms with Crippen LogP contribution in [0.4, 0.5) is 11.4 Å². The van der Waals surface area contributed by atoms with Crippen molar-refractivity contribution in [2.24, 2.45) is 0 Å². The fraction of sp³-hybridized carbons (Fsp3) is 0.250. The van der Waals surface area contributed by atoms with Gasteiger partial charge in [-0.15, -0.1) is 0 Å². The van der Waals surface area contributed by atoms with E-state index in [2.05, 4.69) is 25.0 Å². The number of aromatic nitrogens is 4. The van der Waals surface area contributed by atoms with Crippen LogP contribution in [0, 0.1) is 24.0 Å². The molecule has 0 unspecified atom stereocenters. The summed E-state index contributed by atoms with van der Waals surface area (Å²) in [4.78, 5) is 47.1. The van der Waals surface area contributed by atoms with Crippen LogP contribution in [-0.2, 0) is 16.1 Å². The summed E-state index contributed by atoms with van der Waals surface area (Å²) in [6.07, 6.45) is 1.52. The number of carbonyl (C=O) groups is 3. The molecule has 1 N–H and O–H groups in total. The molecule has 2 aromatic heterocycles. The van der Waals surface area contributed by atoms with Crippen LogP contribution in [0.1, 0.15) is 42.6 Å². The molecule has 0 aliphatic heterocycles. The average Bonchev–Trinajstić information content (AvgIpc) is 3.36. The number of carbonyl (C=O) groups excluding carboxylic acids is 3. The fourth-order valence-electron chi connectivity index (χ4n) is 3.15. The van der Waals surface area contributed by atoms with Gasteiger partial charge in [-0.25, -0.2) is 14.3 Å². The van der Waals surface area contributed by atoms with E-state index in [0.717, 1.165) is 0 Å². The van der Waals surface area contributed by atoms with Crippen molar-refractivity contribution in [3.05, 3.63) is 68.8 Å². The van der Waals surface area contributed by atoms with Crippen molar-refractivity contribution >= 4 is 29.2 Å². The summed E-state index contributed by atoms with van der Waals surface area (Å²) in [6, 6.07) is 5.43. The third-order valence-electron chi connectivity index (χ3n) is 4.71. The Hall–Kier alpha value is -4.55. The van der Waals surface area contributed by atoms with Gasteiger partial charge in [0.05, 0.1) is 30.3 Å². The zero-order chi connectivity index (χ0) is 24.3. The highest BCUT2D eigenvalue weighted by Gasteiger charge is 2.22. The molecule has 0 aliphatic carbocycles. The van der Waals surface area contributed by atoms with Crippen molar-refractivity contribution < 1.29 is 28.8 Å². The first-order valence-corrected chi connectivity index (χ1v) is 9.49. The minimum Gasteiger partial charge on any atom is -0.465 e. The lowest BCUT2D eigenvalue weighted by Gasteiger charge is -2.09. The normalized spacial score (nSPS) is 10.5. The van der Waals surface area contributed by atoms with E-state index in [1.807, 2.05) is 0 Å². The smallest absolute Gasteiger partial charge is 0.337 e. The molecule has 0 saturated heterocycles. The molecule has 33 heavy (non-hydrogen) atoms. The number of anilines is 1. The topological polar surface area (TPSA) is 160 Å². The average molecular weight is 456 g/mol. The highest BCUT2D eigenvalue weighted by molar-refractivity contribution is 6.04. The Labute approximate surface area is 187 Å². The van der Waals surface area contributed by atoms with Gasteiger partial charge in [0.1, 0.15) is 18.1 Å². The largest absolute Gasteiger partial charge is 0.465 e. The second kappa shape index (κ2) is 9.30. The number of rotatable bonds is 7. The van der Waals surface area contributed by atoms with Crippen molar-refractivity contribution in [1.82, 2.24) is 19.6 Å². The van der Waals surface area contributed by atoms with E-state index in [1.54, 1.807) is 6.92 Å². The lowest BCUT2D eigenvalue weighted by Crippen LogP contribution is -2.16. The highest BCUT2D eigenvalue weighted by atomic mass is 16.6. The van der Waals surface area contributed by atoms with E-state index >= 15 is 0 Å². The number of aryl methyl sites for hydroxylation is 1. The van der Waals surface area contributed by atoms with Crippen LogP contribution in [0.3, 0.4) is 0 Å². The van der Waals surface area contributed by atoms with Crippen LogP contribution in [0.15, 0.2) is 30.5 Å². The summed E-state index contributed by atoms with van der Waals surface area (Å²) >= 11 is 0. The van der Waals surface area contributed by atoms with Crippen molar-refractivity contribution in [3.63, 3.8) is 0 Å². The van der Waals surface area contributed by atoms with Gasteiger partial charge in [-0.05, 0) is 38.1 Å². The molecule has 3 aromatic rings. The Morgan fingerprint density at radius 1 is 1.06 bits per heavy atom. The number of ether oxygens (including phenoxy) is 2. The monoisotopic (exact) mass is 456 g/mol. The number of hydrogen-bond acceptors (Lipinski definition) is 9. The second-order valence-corrected chi connectivity index (χ2v) is 6.89. The third-order valence-corrected chi connectivity index (χ3v) is 4.71. The molecule has 13 heteroatoms. The van der Waals surface area contributed by atoms with Gasteiger partial charge >= 0.3 is 17.6 Å². The summed E-state index contributed by atoms with van der Waals surface area (Å²) in [5.74, 6) is -2.00. The number of methoxy groups -OCH3 is 2. The Kier molecular flexibility index (Phi) is 6.51. The molecule has 0 saturated carbocycles. The Morgan fingerprint density at radius 3 is 2.18 bits per heavy atom. The quantitative estimate of drug-likeness (QED) is 0.318. The van der Waals surface area contributed by atoms with Gasteiger partial charge in [0, 0.05) is 11.9 Å². The molecule has 0 bridgehead atoms. The van der Waals surface area contributed by atoms with Gasteiger partial charge in [0.25, 0.3) is 5.91 Å². The van der Waals surface area contributed by atoms with Crippen LogP contribution in [0.2, 0.25) is 0 Å². The summed E-state index contributed by atoms with van der Waals surface area (Å²) in [7, 11) is 2.38. The van der Waals surface area contributed by atoms with Crippen LogP contribution in [0.5, 0.6) is 0 Å². The molecule has 3 rings (SSSR count). The number of nitro groups is 1. The molecular weight excluding hydrogens is 436 g/mol. The van der Waals surface area contributed by atoms with Crippen molar-refractivity contribution in [2.45, 2.75) is 20.5 Å². The molecule has 1 amide bonds. The first-order chi connectivity index (χ1) is 15.6. The van der Waals surface area contributed by atoms with Gasteiger partial charge in [0.15, 0.2) is 5.69 Å². The summed E-state index contributed by atoms with van der Waals surface area (Å²) in [6.45, 7) is 3.16. The molecule has 172 valence electrons. The van der Waals surface area contributed by atoms with Gasteiger partial charge in [-0.1, -0.05) is 0 Å². The number of benzene rings is 1.